The second-order valence-corrected chi connectivity index (χ2v) is 3.40. The summed E-state index contributed by atoms with van der Waals surface area (Å²) in [5.41, 5.74) is 6.64. The van der Waals surface area contributed by atoms with Gasteiger partial charge in [-0.15, -0.1) is 0 Å². The minimum Gasteiger partial charge on any atom is -0.494 e. The first kappa shape index (κ1) is 8.51. The molecule has 0 heterocycles. The molecule has 0 aromatic heterocycles. The van der Waals surface area contributed by atoms with Crippen LogP contribution in [0.5, 0.6) is 5.75 Å². The first-order valence-electron chi connectivity index (χ1n) is 4.31. The number of benzene rings is 1. The highest BCUT2D eigenvalue weighted by atomic mass is 19.1. The number of rotatable bonds is 2. The van der Waals surface area contributed by atoms with E-state index in [1.54, 1.807) is 6.07 Å². The molecule has 1 aromatic rings. The summed E-state index contributed by atoms with van der Waals surface area (Å²) in [4.78, 5) is 0. The first-order chi connectivity index (χ1) is 6.22. The molecule has 1 aromatic carbocycles. The summed E-state index contributed by atoms with van der Waals surface area (Å²) in [6.45, 7) is 0. The van der Waals surface area contributed by atoms with E-state index >= 15 is 0 Å². The van der Waals surface area contributed by atoms with Gasteiger partial charge in [0.25, 0.3) is 0 Å². The second kappa shape index (κ2) is 3.00. The van der Waals surface area contributed by atoms with Crippen LogP contribution >= 0.6 is 0 Å². The van der Waals surface area contributed by atoms with E-state index in [1.807, 2.05) is 6.07 Å². The third kappa shape index (κ3) is 1.52. The first-order valence-corrected chi connectivity index (χ1v) is 4.31. The van der Waals surface area contributed by atoms with Gasteiger partial charge in [-0.05, 0) is 24.1 Å². The van der Waals surface area contributed by atoms with E-state index in [2.05, 4.69) is 0 Å². The molecule has 0 saturated heterocycles. The molecule has 0 amide bonds. The summed E-state index contributed by atoms with van der Waals surface area (Å²) in [5, 5.41) is 0. The van der Waals surface area contributed by atoms with Crippen LogP contribution in [0.2, 0.25) is 0 Å². The molecule has 2 rings (SSSR count). The predicted octanol–water partition coefficient (Wildman–Crippen LogP) is 1.65. The number of methoxy groups -OCH3 is 1. The van der Waals surface area contributed by atoms with Gasteiger partial charge < -0.3 is 10.5 Å². The number of ether oxygens (including phenoxy) is 1. The van der Waals surface area contributed by atoms with E-state index in [0.717, 1.165) is 12.0 Å². The number of hydrogen-bond acceptors (Lipinski definition) is 2. The van der Waals surface area contributed by atoms with Gasteiger partial charge in [-0.25, -0.2) is 4.39 Å². The Morgan fingerprint density at radius 1 is 1.54 bits per heavy atom. The molecule has 0 aliphatic heterocycles. The monoisotopic (exact) mass is 181 g/mol. The molecule has 1 aliphatic rings. The smallest absolute Gasteiger partial charge is 0.165 e. The van der Waals surface area contributed by atoms with E-state index < -0.39 is 0 Å². The van der Waals surface area contributed by atoms with Gasteiger partial charge in [0, 0.05) is 12.0 Å². The summed E-state index contributed by atoms with van der Waals surface area (Å²) >= 11 is 0. The Morgan fingerprint density at radius 3 is 2.69 bits per heavy atom. The molecule has 70 valence electrons. The maximum atomic E-state index is 13.2. The van der Waals surface area contributed by atoms with Crippen LogP contribution in [0.3, 0.4) is 0 Å². The van der Waals surface area contributed by atoms with Gasteiger partial charge in [0.1, 0.15) is 0 Å². The second-order valence-electron chi connectivity index (χ2n) is 3.40. The van der Waals surface area contributed by atoms with Crippen molar-refractivity contribution >= 4 is 0 Å². The fourth-order valence-electron chi connectivity index (χ4n) is 1.51. The van der Waals surface area contributed by atoms with E-state index in [1.165, 1.54) is 13.2 Å². The zero-order valence-electron chi connectivity index (χ0n) is 7.46. The lowest BCUT2D eigenvalue weighted by molar-refractivity contribution is 0.386. The number of halogens is 1. The Kier molecular flexibility index (Phi) is 1.96. The summed E-state index contributed by atoms with van der Waals surface area (Å²) in [7, 11) is 1.46. The minimum atomic E-state index is -0.306. The summed E-state index contributed by atoms with van der Waals surface area (Å²) in [6, 6.07) is 5.25. The lowest BCUT2D eigenvalue weighted by Crippen LogP contribution is -2.01. The molecule has 0 spiro atoms. The van der Waals surface area contributed by atoms with Crippen LogP contribution in [0.15, 0.2) is 18.2 Å². The van der Waals surface area contributed by atoms with Crippen molar-refractivity contribution < 1.29 is 9.13 Å². The zero-order chi connectivity index (χ0) is 9.42. The maximum absolute atomic E-state index is 13.2. The molecule has 2 nitrogen and oxygen atoms in total. The Bertz CT molecular complexity index is 327. The van der Waals surface area contributed by atoms with Crippen molar-refractivity contribution in [1.29, 1.82) is 0 Å². The molecule has 1 saturated carbocycles. The molecule has 13 heavy (non-hydrogen) atoms. The lowest BCUT2D eigenvalue weighted by atomic mass is 10.1. The van der Waals surface area contributed by atoms with Crippen LogP contribution in [0.25, 0.3) is 0 Å². The Labute approximate surface area is 76.5 Å². The van der Waals surface area contributed by atoms with Gasteiger partial charge in [0.2, 0.25) is 0 Å². The fraction of sp³-hybridized carbons (Fsp3) is 0.400. The van der Waals surface area contributed by atoms with Crippen LogP contribution in [-0.4, -0.2) is 13.2 Å². The van der Waals surface area contributed by atoms with Crippen molar-refractivity contribution in [3.8, 4) is 5.75 Å². The van der Waals surface area contributed by atoms with E-state index in [9.17, 15) is 4.39 Å². The third-order valence-corrected chi connectivity index (χ3v) is 2.44. The van der Waals surface area contributed by atoms with Gasteiger partial charge in [0.15, 0.2) is 11.6 Å². The van der Waals surface area contributed by atoms with E-state index in [-0.39, 0.29) is 17.6 Å². The SMILES string of the molecule is COc1ccc([C@H]2C[C@@H]2N)cc1F. The summed E-state index contributed by atoms with van der Waals surface area (Å²) in [5.74, 6) is 0.331. The van der Waals surface area contributed by atoms with Crippen LogP contribution < -0.4 is 10.5 Å². The largest absolute Gasteiger partial charge is 0.494 e. The van der Waals surface area contributed by atoms with Gasteiger partial charge in [-0.2, -0.15) is 0 Å². The highest BCUT2D eigenvalue weighted by Gasteiger charge is 2.35. The summed E-state index contributed by atoms with van der Waals surface area (Å²) < 4.78 is 18.0. The van der Waals surface area contributed by atoms with Gasteiger partial charge in [-0.3, -0.25) is 0 Å². The van der Waals surface area contributed by atoms with Gasteiger partial charge in [-0.1, -0.05) is 6.07 Å². The topological polar surface area (TPSA) is 35.2 Å². The lowest BCUT2D eigenvalue weighted by Gasteiger charge is -2.03. The van der Waals surface area contributed by atoms with Crippen molar-refractivity contribution in [2.45, 2.75) is 18.4 Å². The maximum Gasteiger partial charge on any atom is 0.165 e. The Morgan fingerprint density at radius 2 is 2.23 bits per heavy atom. The van der Waals surface area contributed by atoms with E-state index in [4.69, 9.17) is 10.5 Å². The third-order valence-electron chi connectivity index (χ3n) is 2.44. The van der Waals surface area contributed by atoms with Gasteiger partial charge >= 0.3 is 0 Å². The molecule has 0 radical (unpaired) electrons. The normalized spacial score (nSPS) is 25.8. The van der Waals surface area contributed by atoms with Crippen molar-refractivity contribution in [1.82, 2.24) is 0 Å². The van der Waals surface area contributed by atoms with Crippen LogP contribution in [0.4, 0.5) is 4.39 Å². The predicted molar refractivity (Wildman–Crippen MR) is 48.3 cm³/mol. The van der Waals surface area contributed by atoms with Crippen LogP contribution in [0, 0.1) is 5.82 Å². The highest BCUT2D eigenvalue weighted by molar-refractivity contribution is 5.34. The molecule has 2 atom stereocenters. The zero-order valence-corrected chi connectivity index (χ0v) is 7.46. The van der Waals surface area contributed by atoms with Crippen molar-refractivity contribution in [3.05, 3.63) is 29.6 Å². The van der Waals surface area contributed by atoms with Crippen LogP contribution in [0.1, 0.15) is 17.9 Å². The standard InChI is InChI=1S/C10H12FNO/c1-13-10-3-2-6(4-8(10)11)7-5-9(7)12/h2-4,7,9H,5,12H2,1H3/t7-,9+/m1/s1. The average Bonchev–Trinajstić information content (AvgIpc) is 2.82. The molecule has 1 aliphatic carbocycles. The Hall–Kier alpha value is -1.09. The fourth-order valence-corrected chi connectivity index (χ4v) is 1.51. The number of hydrogen-bond donors (Lipinski definition) is 1. The molecule has 0 bridgehead atoms. The molecular formula is C10H12FNO. The Balaban J connectivity index is 2.25. The van der Waals surface area contributed by atoms with Crippen molar-refractivity contribution in [3.63, 3.8) is 0 Å². The van der Waals surface area contributed by atoms with Crippen molar-refractivity contribution in [2.24, 2.45) is 5.73 Å². The molecular weight excluding hydrogens is 169 g/mol. The number of nitrogens with two attached hydrogens (primary N) is 1. The van der Waals surface area contributed by atoms with Gasteiger partial charge in [0.05, 0.1) is 7.11 Å². The summed E-state index contributed by atoms with van der Waals surface area (Å²) in [6.07, 6.45) is 0.964. The van der Waals surface area contributed by atoms with Crippen LogP contribution in [-0.2, 0) is 0 Å². The molecule has 1 fully saturated rings. The molecule has 3 heteroatoms. The minimum absolute atomic E-state index is 0.216. The molecule has 0 unspecified atom stereocenters. The van der Waals surface area contributed by atoms with Crippen molar-refractivity contribution in [2.75, 3.05) is 7.11 Å². The molecule has 2 N–H and O–H groups in total. The quantitative estimate of drug-likeness (QED) is 0.752. The highest BCUT2D eigenvalue weighted by Crippen LogP contribution is 2.39. The average molecular weight is 181 g/mol. The van der Waals surface area contributed by atoms with E-state index in [0.29, 0.717) is 5.92 Å².